The van der Waals surface area contributed by atoms with E-state index in [-0.39, 0.29) is 16.7 Å². The molecule has 3 rings (SSSR count). The Morgan fingerprint density at radius 1 is 1.35 bits per heavy atom. The summed E-state index contributed by atoms with van der Waals surface area (Å²) in [6.07, 6.45) is 3.25. The van der Waals surface area contributed by atoms with Crippen LogP contribution in [0.25, 0.3) is 11.5 Å². The van der Waals surface area contributed by atoms with Crippen molar-refractivity contribution in [3.05, 3.63) is 24.1 Å². The molecule has 0 atom stereocenters. The number of aromatic nitrogens is 2. The largest absolute Gasteiger partial charge is 0.420 e. The molecule has 8 nitrogen and oxygen atoms in total. The highest BCUT2D eigenvalue weighted by Crippen LogP contribution is 2.40. The van der Waals surface area contributed by atoms with Crippen LogP contribution >= 0.6 is 0 Å². The molecule has 122 valence electrons. The second kappa shape index (κ2) is 5.65. The molecule has 1 fully saturated rings. The quantitative estimate of drug-likeness (QED) is 0.500. The van der Waals surface area contributed by atoms with Crippen LogP contribution < -0.4 is 5.73 Å². The SMILES string of the molecule is CN(C)/C=N\S(=O)(=O)c1cc(N)ccc1-c1nnc(C2CC2)o1. The van der Waals surface area contributed by atoms with E-state index in [1.54, 1.807) is 26.2 Å². The molecule has 9 heteroatoms. The number of nitrogens with zero attached hydrogens (tertiary/aromatic N) is 4. The number of benzene rings is 1. The Morgan fingerprint density at radius 2 is 2.09 bits per heavy atom. The van der Waals surface area contributed by atoms with Crippen molar-refractivity contribution in [3.63, 3.8) is 0 Å². The first-order valence-electron chi connectivity index (χ1n) is 7.07. The molecule has 23 heavy (non-hydrogen) atoms. The molecule has 1 aliphatic carbocycles. The van der Waals surface area contributed by atoms with Crippen molar-refractivity contribution in [2.75, 3.05) is 19.8 Å². The van der Waals surface area contributed by atoms with Gasteiger partial charge in [-0.15, -0.1) is 14.6 Å². The molecule has 1 heterocycles. The lowest BCUT2D eigenvalue weighted by atomic mass is 10.2. The average Bonchev–Trinajstić information content (AvgIpc) is 3.23. The van der Waals surface area contributed by atoms with Crippen LogP contribution in [0.5, 0.6) is 0 Å². The van der Waals surface area contributed by atoms with Gasteiger partial charge < -0.3 is 15.1 Å². The van der Waals surface area contributed by atoms with E-state index >= 15 is 0 Å². The number of hydrogen-bond donors (Lipinski definition) is 1. The second-order valence-corrected chi connectivity index (χ2v) is 7.24. The maximum atomic E-state index is 12.5. The van der Waals surface area contributed by atoms with Gasteiger partial charge in [-0.25, -0.2) is 0 Å². The number of nitrogen functional groups attached to an aromatic ring is 1. The van der Waals surface area contributed by atoms with E-state index in [4.69, 9.17) is 10.2 Å². The topological polar surface area (TPSA) is 115 Å². The first-order chi connectivity index (χ1) is 10.9. The molecule has 1 aromatic carbocycles. The molecule has 1 aromatic heterocycles. The third-order valence-corrected chi connectivity index (χ3v) is 4.56. The molecular weight excluding hydrogens is 318 g/mol. The molecular formula is C14H17N5O3S. The minimum absolute atomic E-state index is 0.0541. The van der Waals surface area contributed by atoms with Crippen LogP contribution in [-0.4, -0.2) is 43.9 Å². The number of anilines is 1. The lowest BCUT2D eigenvalue weighted by Crippen LogP contribution is -2.10. The molecule has 0 spiro atoms. The van der Waals surface area contributed by atoms with E-state index in [1.165, 1.54) is 17.3 Å². The zero-order valence-electron chi connectivity index (χ0n) is 12.8. The first-order valence-corrected chi connectivity index (χ1v) is 8.51. The fourth-order valence-corrected chi connectivity index (χ4v) is 3.13. The smallest absolute Gasteiger partial charge is 0.284 e. The Morgan fingerprint density at radius 3 is 2.74 bits per heavy atom. The molecule has 0 radical (unpaired) electrons. The van der Waals surface area contributed by atoms with Crippen molar-refractivity contribution in [2.45, 2.75) is 23.7 Å². The van der Waals surface area contributed by atoms with Crippen LogP contribution in [0.4, 0.5) is 5.69 Å². The van der Waals surface area contributed by atoms with Crippen LogP contribution in [0.15, 0.2) is 31.9 Å². The highest BCUT2D eigenvalue weighted by atomic mass is 32.2. The summed E-state index contributed by atoms with van der Waals surface area (Å²) in [5.41, 5.74) is 6.34. The predicted molar refractivity (Wildman–Crippen MR) is 85.5 cm³/mol. The third kappa shape index (κ3) is 3.34. The van der Waals surface area contributed by atoms with Crippen LogP contribution in [-0.2, 0) is 10.0 Å². The standard InChI is InChI=1S/C14H17N5O3S/c1-19(2)8-16-23(20,21)12-7-10(15)5-6-11(12)14-18-17-13(22-14)9-3-4-9/h5-9H,3-4,15H2,1-2H3/b16-8-. The minimum atomic E-state index is -3.93. The van der Waals surface area contributed by atoms with E-state index in [1.807, 2.05) is 0 Å². The van der Waals surface area contributed by atoms with E-state index in [2.05, 4.69) is 14.6 Å². The van der Waals surface area contributed by atoms with Gasteiger partial charge >= 0.3 is 0 Å². The van der Waals surface area contributed by atoms with Gasteiger partial charge in [-0.1, -0.05) is 0 Å². The Hall–Kier alpha value is -2.42. The maximum Gasteiger partial charge on any atom is 0.284 e. The van der Waals surface area contributed by atoms with Crippen LogP contribution in [0, 0.1) is 0 Å². The van der Waals surface area contributed by atoms with Gasteiger partial charge in [-0.2, -0.15) is 8.42 Å². The number of rotatable bonds is 5. The summed E-state index contributed by atoms with van der Waals surface area (Å²) in [4.78, 5) is 1.48. The maximum absolute atomic E-state index is 12.5. The van der Waals surface area contributed by atoms with Crippen LogP contribution in [0.3, 0.4) is 0 Å². The van der Waals surface area contributed by atoms with Gasteiger partial charge in [-0.05, 0) is 31.0 Å². The van der Waals surface area contributed by atoms with E-state index in [0.717, 1.165) is 12.8 Å². The monoisotopic (exact) mass is 335 g/mol. The van der Waals surface area contributed by atoms with Gasteiger partial charge in [0.2, 0.25) is 11.8 Å². The van der Waals surface area contributed by atoms with Crippen molar-refractivity contribution < 1.29 is 12.8 Å². The fraction of sp³-hybridized carbons (Fsp3) is 0.357. The van der Waals surface area contributed by atoms with E-state index < -0.39 is 10.0 Å². The molecule has 0 aliphatic heterocycles. The van der Waals surface area contributed by atoms with Gasteiger partial charge in [0, 0.05) is 25.7 Å². The zero-order chi connectivity index (χ0) is 16.6. The summed E-state index contributed by atoms with van der Waals surface area (Å²) < 4.78 is 34.2. The second-order valence-electron chi connectivity index (χ2n) is 5.63. The van der Waals surface area contributed by atoms with Crippen molar-refractivity contribution in [2.24, 2.45) is 4.40 Å². The lowest BCUT2D eigenvalue weighted by molar-refractivity contribution is 0.507. The Kier molecular flexibility index (Phi) is 3.80. The molecule has 0 bridgehead atoms. The first kappa shape index (κ1) is 15.5. The summed E-state index contributed by atoms with van der Waals surface area (Å²) in [6, 6.07) is 4.49. The predicted octanol–water partition coefficient (Wildman–Crippen LogP) is 1.47. The Bertz CT molecular complexity index is 853. The molecule has 0 amide bonds. The summed E-state index contributed by atoms with van der Waals surface area (Å²) in [5, 5.41) is 7.95. The van der Waals surface area contributed by atoms with E-state index in [0.29, 0.717) is 17.1 Å². The molecule has 2 aromatic rings. The van der Waals surface area contributed by atoms with E-state index in [9.17, 15) is 8.42 Å². The average molecular weight is 335 g/mol. The van der Waals surface area contributed by atoms with Gasteiger partial charge in [-0.3, -0.25) is 0 Å². The number of nitrogens with two attached hydrogens (primary N) is 1. The summed E-state index contributed by atoms with van der Waals surface area (Å²) in [7, 11) is -0.572. The molecule has 1 saturated carbocycles. The van der Waals surface area contributed by atoms with Crippen LogP contribution in [0.1, 0.15) is 24.7 Å². The summed E-state index contributed by atoms with van der Waals surface area (Å²) >= 11 is 0. The number of hydrogen-bond acceptors (Lipinski definition) is 6. The van der Waals surface area contributed by atoms with Gasteiger partial charge in [0.25, 0.3) is 10.0 Å². The highest BCUT2D eigenvalue weighted by molar-refractivity contribution is 7.90. The van der Waals surface area contributed by atoms with Gasteiger partial charge in [0.05, 0.1) is 5.56 Å². The normalized spacial score (nSPS) is 15.2. The Labute approximate surface area is 134 Å². The van der Waals surface area contributed by atoms with Crippen molar-refractivity contribution in [1.82, 2.24) is 15.1 Å². The lowest BCUT2D eigenvalue weighted by Gasteiger charge is -2.07. The van der Waals surface area contributed by atoms with Crippen molar-refractivity contribution in [3.8, 4) is 11.5 Å². The third-order valence-electron chi connectivity index (χ3n) is 3.30. The zero-order valence-corrected chi connectivity index (χ0v) is 13.6. The summed E-state index contributed by atoms with van der Waals surface area (Å²) in [5.74, 6) is 0.986. The fourth-order valence-electron chi connectivity index (χ4n) is 1.98. The molecule has 0 saturated heterocycles. The molecule has 1 aliphatic rings. The van der Waals surface area contributed by atoms with Gasteiger partial charge in [0.15, 0.2) is 0 Å². The van der Waals surface area contributed by atoms with Gasteiger partial charge in [0.1, 0.15) is 11.2 Å². The highest BCUT2D eigenvalue weighted by Gasteiger charge is 2.30. The molecule has 2 N–H and O–H groups in total. The number of sulfonamides is 1. The Balaban J connectivity index is 2.07. The summed E-state index contributed by atoms with van der Waals surface area (Å²) in [6.45, 7) is 0. The minimum Gasteiger partial charge on any atom is -0.420 e. The molecule has 0 unspecified atom stereocenters. The van der Waals surface area contributed by atoms with Crippen molar-refractivity contribution in [1.29, 1.82) is 0 Å². The van der Waals surface area contributed by atoms with Crippen LogP contribution in [0.2, 0.25) is 0 Å². The van der Waals surface area contributed by atoms with Crippen molar-refractivity contribution >= 4 is 22.0 Å².